The van der Waals surface area contributed by atoms with Crippen LogP contribution in [0.3, 0.4) is 0 Å². The molecule has 4 heteroatoms. The highest BCUT2D eigenvalue weighted by Gasteiger charge is 2.04. The molecule has 0 aromatic heterocycles. The minimum absolute atomic E-state index is 0.0643. The molecule has 70 valence electrons. The summed E-state index contributed by atoms with van der Waals surface area (Å²) in [6, 6.07) is 0. The minimum Gasteiger partial charge on any atom is -0.382 e. The number of aldehydes is 1. The van der Waals surface area contributed by atoms with Gasteiger partial charge in [0.25, 0.3) is 0 Å². The maximum absolute atomic E-state index is 10.5. The molecule has 0 heterocycles. The molecule has 1 atom stereocenters. The van der Waals surface area contributed by atoms with Crippen molar-refractivity contribution in [3.8, 4) is 0 Å². The Morgan fingerprint density at radius 2 is 2.33 bits per heavy atom. The van der Waals surface area contributed by atoms with Gasteiger partial charge in [0.15, 0.2) is 0 Å². The van der Waals surface area contributed by atoms with Gasteiger partial charge in [-0.25, -0.2) is 0 Å². The number of aliphatic hydroxyl groups is 1. The zero-order valence-electron chi connectivity index (χ0n) is 7.16. The average molecular weight is 190 g/mol. The molecular formula is C8H14O3S. The average Bonchev–Trinajstić information content (AvgIpc) is 2.01. The van der Waals surface area contributed by atoms with E-state index in [2.05, 4.69) is 0 Å². The van der Waals surface area contributed by atoms with Crippen molar-refractivity contribution in [3.05, 3.63) is 0 Å². The number of thioether (sulfide) groups is 1. The first-order valence-electron chi connectivity index (χ1n) is 3.89. The van der Waals surface area contributed by atoms with Gasteiger partial charge in [0.05, 0.1) is 11.2 Å². The lowest BCUT2D eigenvalue weighted by Crippen LogP contribution is -2.05. The number of Topliss-reactive ketones (excluding diaryl/α,β-unsaturated/α-hetero) is 1. The number of hydrogen-bond acceptors (Lipinski definition) is 4. The Hall–Kier alpha value is -0.350. The zero-order chi connectivity index (χ0) is 9.40. The second-order valence-corrected chi connectivity index (χ2v) is 3.73. The first-order valence-corrected chi connectivity index (χ1v) is 4.94. The number of unbranched alkanes of at least 4 members (excludes halogenated alkanes) is 1. The Kier molecular flexibility index (Phi) is 7.09. The van der Waals surface area contributed by atoms with Crippen molar-refractivity contribution >= 4 is 23.8 Å². The van der Waals surface area contributed by atoms with Crippen LogP contribution in [0, 0.1) is 0 Å². The fourth-order valence-corrected chi connectivity index (χ4v) is 1.43. The van der Waals surface area contributed by atoms with Crippen LogP contribution in [0.5, 0.6) is 0 Å². The van der Waals surface area contributed by atoms with Gasteiger partial charge < -0.3 is 9.90 Å². The lowest BCUT2D eigenvalue weighted by molar-refractivity contribution is -0.114. The van der Waals surface area contributed by atoms with Crippen LogP contribution < -0.4 is 0 Å². The Morgan fingerprint density at radius 3 is 2.83 bits per heavy atom. The Morgan fingerprint density at radius 1 is 1.67 bits per heavy atom. The van der Waals surface area contributed by atoms with Gasteiger partial charge in [0.2, 0.25) is 0 Å². The van der Waals surface area contributed by atoms with Crippen LogP contribution in [0.1, 0.15) is 26.2 Å². The predicted octanol–water partition coefficient (Wildman–Crippen LogP) is 0.996. The lowest BCUT2D eigenvalue weighted by Gasteiger charge is -2.06. The van der Waals surface area contributed by atoms with E-state index in [9.17, 15) is 14.7 Å². The first kappa shape index (κ1) is 11.6. The summed E-state index contributed by atoms with van der Waals surface area (Å²) in [6.07, 6.45) is 2.59. The molecule has 0 amide bonds. The molecule has 0 spiro atoms. The largest absolute Gasteiger partial charge is 0.382 e. The van der Waals surface area contributed by atoms with Gasteiger partial charge in [-0.2, -0.15) is 0 Å². The molecule has 0 aromatic rings. The maximum Gasteiger partial charge on any atom is 0.139 e. The molecule has 0 aliphatic carbocycles. The molecule has 0 saturated carbocycles. The van der Waals surface area contributed by atoms with E-state index in [1.807, 2.05) is 0 Å². The summed E-state index contributed by atoms with van der Waals surface area (Å²) in [6.45, 7) is 1.49. The normalized spacial score (nSPS) is 12.5. The second-order valence-electron chi connectivity index (χ2n) is 2.57. The fraction of sp³-hybridized carbons (Fsp3) is 0.750. The second kappa shape index (κ2) is 7.31. The smallest absolute Gasteiger partial charge is 0.139 e. The van der Waals surface area contributed by atoms with Crippen molar-refractivity contribution < 1.29 is 14.7 Å². The third kappa shape index (κ3) is 7.75. The van der Waals surface area contributed by atoms with Gasteiger partial charge >= 0.3 is 0 Å². The summed E-state index contributed by atoms with van der Waals surface area (Å²) < 4.78 is 0. The summed E-state index contributed by atoms with van der Waals surface area (Å²) in [4.78, 5) is 20.4. The summed E-state index contributed by atoms with van der Waals surface area (Å²) in [5.41, 5.74) is -0.506. The van der Waals surface area contributed by atoms with Gasteiger partial charge in [-0.1, -0.05) is 0 Å². The van der Waals surface area contributed by atoms with Crippen LogP contribution in [0.25, 0.3) is 0 Å². The van der Waals surface area contributed by atoms with Crippen LogP contribution >= 0.6 is 11.8 Å². The van der Waals surface area contributed by atoms with E-state index in [1.165, 1.54) is 18.7 Å². The lowest BCUT2D eigenvalue weighted by atomic mass is 10.3. The molecule has 1 N–H and O–H groups in total. The number of carbonyl (C=O) groups is 2. The highest BCUT2D eigenvalue weighted by atomic mass is 32.2. The van der Waals surface area contributed by atoms with Crippen LogP contribution in [-0.4, -0.2) is 28.4 Å². The first-order chi connectivity index (χ1) is 5.66. The van der Waals surface area contributed by atoms with Crippen molar-refractivity contribution in [2.75, 3.05) is 5.75 Å². The quantitative estimate of drug-likeness (QED) is 0.369. The van der Waals surface area contributed by atoms with Crippen molar-refractivity contribution in [1.82, 2.24) is 0 Å². The number of ketones is 1. The van der Waals surface area contributed by atoms with E-state index in [4.69, 9.17) is 0 Å². The van der Waals surface area contributed by atoms with Gasteiger partial charge in [-0.15, -0.1) is 11.8 Å². The fourth-order valence-electron chi connectivity index (χ4n) is 0.673. The monoisotopic (exact) mass is 190 g/mol. The Balaban J connectivity index is 3.26. The molecule has 0 aliphatic rings. The van der Waals surface area contributed by atoms with Crippen molar-refractivity contribution in [2.45, 2.75) is 31.6 Å². The minimum atomic E-state index is -0.506. The molecule has 0 fully saturated rings. The van der Waals surface area contributed by atoms with E-state index in [0.717, 1.165) is 6.29 Å². The predicted molar refractivity (Wildman–Crippen MR) is 49.1 cm³/mol. The number of aliphatic hydroxyl groups excluding tert-OH is 1. The van der Waals surface area contributed by atoms with Crippen LogP contribution in [0.15, 0.2) is 0 Å². The topological polar surface area (TPSA) is 54.4 Å². The standard InChI is InChI=1S/C8H14O3S/c1-7(10)6-12-8(11)4-2-3-5-9/h5,8,11H,2-4,6H2,1H3. The van der Waals surface area contributed by atoms with E-state index in [1.54, 1.807) is 0 Å². The van der Waals surface area contributed by atoms with Crippen molar-refractivity contribution in [2.24, 2.45) is 0 Å². The van der Waals surface area contributed by atoms with Gasteiger partial charge in [0, 0.05) is 6.42 Å². The zero-order valence-corrected chi connectivity index (χ0v) is 7.97. The van der Waals surface area contributed by atoms with Crippen LogP contribution in [-0.2, 0) is 9.59 Å². The summed E-state index contributed by atoms with van der Waals surface area (Å²) in [7, 11) is 0. The highest BCUT2D eigenvalue weighted by molar-refractivity contribution is 8.00. The van der Waals surface area contributed by atoms with Crippen LogP contribution in [0.2, 0.25) is 0 Å². The molecule has 0 bridgehead atoms. The SMILES string of the molecule is CC(=O)CSC(O)CCCC=O. The number of hydrogen-bond donors (Lipinski definition) is 1. The highest BCUT2D eigenvalue weighted by Crippen LogP contribution is 2.13. The summed E-state index contributed by atoms with van der Waals surface area (Å²) in [5.74, 6) is 0.414. The molecular weight excluding hydrogens is 176 g/mol. The maximum atomic E-state index is 10.5. The van der Waals surface area contributed by atoms with E-state index >= 15 is 0 Å². The molecule has 0 aliphatic heterocycles. The Bertz CT molecular complexity index is 147. The molecule has 0 saturated heterocycles. The molecule has 0 rings (SSSR count). The van der Waals surface area contributed by atoms with Crippen molar-refractivity contribution in [1.29, 1.82) is 0 Å². The molecule has 12 heavy (non-hydrogen) atoms. The third-order valence-corrected chi connectivity index (χ3v) is 2.45. The Labute approximate surface area is 76.5 Å². The molecule has 1 unspecified atom stereocenters. The molecule has 0 aromatic carbocycles. The van der Waals surface area contributed by atoms with E-state index in [-0.39, 0.29) is 5.78 Å². The van der Waals surface area contributed by atoms with Crippen molar-refractivity contribution in [3.63, 3.8) is 0 Å². The van der Waals surface area contributed by atoms with Gasteiger partial charge in [0.1, 0.15) is 12.1 Å². The molecule has 0 radical (unpaired) electrons. The number of carbonyl (C=O) groups excluding carboxylic acids is 2. The van der Waals surface area contributed by atoms with Gasteiger partial charge in [-0.3, -0.25) is 4.79 Å². The summed E-state index contributed by atoms with van der Waals surface area (Å²) >= 11 is 1.23. The summed E-state index contributed by atoms with van der Waals surface area (Å²) in [5, 5.41) is 9.22. The molecule has 3 nitrogen and oxygen atoms in total. The van der Waals surface area contributed by atoms with E-state index in [0.29, 0.717) is 25.0 Å². The van der Waals surface area contributed by atoms with Gasteiger partial charge in [-0.05, 0) is 19.8 Å². The number of rotatable bonds is 7. The third-order valence-electron chi connectivity index (χ3n) is 1.25. The van der Waals surface area contributed by atoms with Crippen LogP contribution in [0.4, 0.5) is 0 Å². The van der Waals surface area contributed by atoms with E-state index < -0.39 is 5.44 Å².